The first-order chi connectivity index (χ1) is 8.45. The van der Waals surface area contributed by atoms with E-state index in [2.05, 4.69) is 25.8 Å². The molecule has 0 aromatic rings. The van der Waals surface area contributed by atoms with E-state index in [-0.39, 0.29) is 11.8 Å². The first-order valence-electron chi connectivity index (χ1n) is 7.09. The molecule has 2 N–H and O–H groups in total. The highest BCUT2D eigenvalue weighted by atomic mass is 16.2. The molecule has 0 radical (unpaired) electrons. The molecule has 1 rings (SSSR count). The zero-order valence-electron chi connectivity index (χ0n) is 12.4. The summed E-state index contributed by atoms with van der Waals surface area (Å²) in [5.41, 5.74) is 5.71. The summed E-state index contributed by atoms with van der Waals surface area (Å²) in [6.07, 6.45) is 2.40. The van der Waals surface area contributed by atoms with Crippen LogP contribution in [0.1, 0.15) is 26.7 Å². The zero-order valence-corrected chi connectivity index (χ0v) is 12.4. The van der Waals surface area contributed by atoms with Crippen molar-refractivity contribution >= 4 is 5.91 Å². The van der Waals surface area contributed by atoms with Crippen LogP contribution in [0.25, 0.3) is 0 Å². The van der Waals surface area contributed by atoms with Crippen LogP contribution in [-0.2, 0) is 4.79 Å². The first-order valence-corrected chi connectivity index (χ1v) is 7.09. The Hall–Kier alpha value is -0.610. The van der Waals surface area contributed by atoms with Crippen LogP contribution in [0.2, 0.25) is 0 Å². The molecule has 4 nitrogen and oxygen atoms in total. The summed E-state index contributed by atoms with van der Waals surface area (Å²) in [5.74, 6) is 1.16. The second-order valence-electron chi connectivity index (χ2n) is 6.05. The predicted molar refractivity (Wildman–Crippen MR) is 75.2 cm³/mol. The summed E-state index contributed by atoms with van der Waals surface area (Å²) in [6.45, 7) is 7.77. The van der Waals surface area contributed by atoms with Crippen LogP contribution in [-0.4, -0.2) is 56.0 Å². The van der Waals surface area contributed by atoms with Gasteiger partial charge in [0.2, 0.25) is 5.91 Å². The fourth-order valence-corrected chi connectivity index (χ4v) is 2.66. The van der Waals surface area contributed by atoms with E-state index in [9.17, 15) is 4.79 Å². The Labute approximate surface area is 111 Å². The fraction of sp³-hybridized carbons (Fsp3) is 0.929. The lowest BCUT2D eigenvalue weighted by Gasteiger charge is -2.33. The highest BCUT2D eigenvalue weighted by Gasteiger charge is 2.26. The van der Waals surface area contributed by atoms with Crippen LogP contribution in [0.4, 0.5) is 0 Å². The highest BCUT2D eigenvalue weighted by Crippen LogP contribution is 2.19. The number of likely N-dealkylation sites (tertiary alicyclic amines) is 1. The van der Waals surface area contributed by atoms with Crippen molar-refractivity contribution in [3.05, 3.63) is 0 Å². The number of rotatable bonds is 5. The third kappa shape index (κ3) is 4.25. The Morgan fingerprint density at radius 3 is 2.39 bits per heavy atom. The molecule has 106 valence electrons. The number of hydrogen-bond acceptors (Lipinski definition) is 3. The molecule has 18 heavy (non-hydrogen) atoms. The SMILES string of the molecule is CC(C)C(CN)C(=O)N(C)CC1CCN(C)CC1. The van der Waals surface area contributed by atoms with Gasteiger partial charge in [0.05, 0.1) is 5.92 Å². The van der Waals surface area contributed by atoms with E-state index < -0.39 is 0 Å². The molecule has 1 aliphatic heterocycles. The minimum absolute atomic E-state index is 0.0266. The van der Waals surface area contributed by atoms with E-state index in [0.717, 1.165) is 19.6 Å². The van der Waals surface area contributed by atoms with Gasteiger partial charge in [-0.05, 0) is 44.8 Å². The molecule has 0 aromatic heterocycles. The smallest absolute Gasteiger partial charge is 0.226 e. The van der Waals surface area contributed by atoms with Gasteiger partial charge in [-0.1, -0.05) is 13.8 Å². The zero-order chi connectivity index (χ0) is 13.7. The lowest BCUT2D eigenvalue weighted by atomic mass is 9.92. The largest absolute Gasteiger partial charge is 0.345 e. The average molecular weight is 255 g/mol. The van der Waals surface area contributed by atoms with E-state index >= 15 is 0 Å². The fourth-order valence-electron chi connectivity index (χ4n) is 2.66. The standard InChI is InChI=1S/C14H29N3O/c1-11(2)13(9-15)14(18)17(4)10-12-5-7-16(3)8-6-12/h11-13H,5-10,15H2,1-4H3. The Bertz CT molecular complexity index is 260. The maximum Gasteiger partial charge on any atom is 0.226 e. The van der Waals surface area contributed by atoms with Crippen molar-refractivity contribution in [1.29, 1.82) is 0 Å². The van der Waals surface area contributed by atoms with Crippen molar-refractivity contribution in [2.24, 2.45) is 23.5 Å². The van der Waals surface area contributed by atoms with Crippen molar-refractivity contribution in [3.63, 3.8) is 0 Å². The monoisotopic (exact) mass is 255 g/mol. The number of carbonyl (C=O) groups excluding carboxylic acids is 1. The molecule has 1 amide bonds. The number of carbonyl (C=O) groups is 1. The maximum absolute atomic E-state index is 12.3. The summed E-state index contributed by atoms with van der Waals surface area (Å²) in [7, 11) is 4.08. The van der Waals surface area contributed by atoms with Crippen molar-refractivity contribution in [2.45, 2.75) is 26.7 Å². The number of hydrogen-bond donors (Lipinski definition) is 1. The highest BCUT2D eigenvalue weighted by molar-refractivity contribution is 5.79. The van der Waals surface area contributed by atoms with Crippen molar-refractivity contribution in [3.8, 4) is 0 Å². The van der Waals surface area contributed by atoms with E-state index in [4.69, 9.17) is 5.73 Å². The van der Waals surface area contributed by atoms with Gasteiger partial charge < -0.3 is 15.5 Å². The maximum atomic E-state index is 12.3. The predicted octanol–water partition coefficient (Wildman–Crippen LogP) is 1.02. The van der Waals surface area contributed by atoms with E-state index in [1.165, 1.54) is 12.8 Å². The summed E-state index contributed by atoms with van der Waals surface area (Å²) >= 11 is 0. The molecule has 0 saturated carbocycles. The Morgan fingerprint density at radius 1 is 1.39 bits per heavy atom. The van der Waals surface area contributed by atoms with Gasteiger partial charge in [-0.25, -0.2) is 0 Å². The van der Waals surface area contributed by atoms with Crippen molar-refractivity contribution in [1.82, 2.24) is 9.80 Å². The summed E-state index contributed by atoms with van der Waals surface area (Å²) in [6, 6.07) is 0. The molecule has 1 heterocycles. The molecule has 1 unspecified atom stereocenters. The molecule has 0 aromatic carbocycles. The third-order valence-corrected chi connectivity index (χ3v) is 4.12. The van der Waals surface area contributed by atoms with E-state index in [1.54, 1.807) is 0 Å². The van der Waals surface area contributed by atoms with Gasteiger partial charge in [0.1, 0.15) is 0 Å². The van der Waals surface area contributed by atoms with Gasteiger partial charge in [-0.15, -0.1) is 0 Å². The van der Waals surface area contributed by atoms with E-state index in [1.807, 2.05) is 11.9 Å². The van der Waals surface area contributed by atoms with Crippen LogP contribution < -0.4 is 5.73 Å². The lowest BCUT2D eigenvalue weighted by molar-refractivity contribution is -0.136. The second kappa shape index (κ2) is 7.10. The summed E-state index contributed by atoms with van der Waals surface area (Å²) < 4.78 is 0. The van der Waals surface area contributed by atoms with Gasteiger partial charge >= 0.3 is 0 Å². The molecule has 1 aliphatic rings. The summed E-state index contributed by atoms with van der Waals surface area (Å²) in [5, 5.41) is 0. The third-order valence-electron chi connectivity index (χ3n) is 4.12. The van der Waals surface area contributed by atoms with Crippen LogP contribution >= 0.6 is 0 Å². The quantitative estimate of drug-likeness (QED) is 0.798. The molecular formula is C14H29N3O. The van der Waals surface area contributed by atoms with Gasteiger partial charge in [-0.3, -0.25) is 4.79 Å². The van der Waals surface area contributed by atoms with Gasteiger partial charge in [-0.2, -0.15) is 0 Å². The van der Waals surface area contributed by atoms with Gasteiger partial charge in [0, 0.05) is 20.1 Å². The van der Waals surface area contributed by atoms with Crippen LogP contribution in [0.3, 0.4) is 0 Å². The normalized spacial score (nSPS) is 20.1. The first kappa shape index (κ1) is 15.4. The number of piperidine rings is 1. The topological polar surface area (TPSA) is 49.6 Å². The molecule has 1 atom stereocenters. The van der Waals surface area contributed by atoms with Crippen molar-refractivity contribution < 1.29 is 4.79 Å². The molecule has 4 heteroatoms. The lowest BCUT2D eigenvalue weighted by Crippen LogP contribution is -2.43. The molecule has 1 fully saturated rings. The van der Waals surface area contributed by atoms with Crippen molar-refractivity contribution in [2.75, 3.05) is 40.3 Å². The Balaban J connectivity index is 2.44. The number of nitrogens with zero attached hydrogens (tertiary/aromatic N) is 2. The molecular weight excluding hydrogens is 226 g/mol. The van der Waals surface area contributed by atoms with Crippen LogP contribution in [0.15, 0.2) is 0 Å². The van der Waals surface area contributed by atoms with Crippen LogP contribution in [0, 0.1) is 17.8 Å². The minimum atomic E-state index is -0.0266. The van der Waals surface area contributed by atoms with E-state index in [0.29, 0.717) is 18.4 Å². The summed E-state index contributed by atoms with van der Waals surface area (Å²) in [4.78, 5) is 16.5. The Morgan fingerprint density at radius 2 is 1.94 bits per heavy atom. The minimum Gasteiger partial charge on any atom is -0.345 e. The number of amides is 1. The second-order valence-corrected chi connectivity index (χ2v) is 6.05. The van der Waals surface area contributed by atoms with Gasteiger partial charge in [0.15, 0.2) is 0 Å². The molecule has 0 spiro atoms. The van der Waals surface area contributed by atoms with Gasteiger partial charge in [0.25, 0.3) is 0 Å². The average Bonchev–Trinajstić information content (AvgIpc) is 2.32. The number of nitrogens with two attached hydrogens (primary N) is 1. The molecule has 0 bridgehead atoms. The van der Waals surface area contributed by atoms with Crippen LogP contribution in [0.5, 0.6) is 0 Å². The molecule has 0 aliphatic carbocycles. The molecule has 1 saturated heterocycles. The Kier molecular flexibility index (Phi) is 6.09.